The molecule has 6 nitrogen and oxygen atoms in total. The Labute approximate surface area is 158 Å². The van der Waals surface area contributed by atoms with E-state index in [4.69, 9.17) is 0 Å². The lowest BCUT2D eigenvalue weighted by Gasteiger charge is -2.17. The van der Waals surface area contributed by atoms with E-state index in [0.717, 1.165) is 11.1 Å². The molecule has 0 aliphatic carbocycles. The SMILES string of the molecule is C=CC(=O)Nc1ccc(CC(=O)N(C)Cc2ccc(C(=O)NC)cc2)cc1. The van der Waals surface area contributed by atoms with Gasteiger partial charge in [0, 0.05) is 31.9 Å². The van der Waals surface area contributed by atoms with Gasteiger partial charge in [0.1, 0.15) is 0 Å². The minimum absolute atomic E-state index is 0.0201. The normalized spacial score (nSPS) is 10.0. The summed E-state index contributed by atoms with van der Waals surface area (Å²) >= 11 is 0. The lowest BCUT2D eigenvalue weighted by Crippen LogP contribution is -2.27. The maximum atomic E-state index is 12.4. The van der Waals surface area contributed by atoms with Crippen LogP contribution in [0.15, 0.2) is 61.2 Å². The summed E-state index contributed by atoms with van der Waals surface area (Å²) in [5.74, 6) is -0.437. The van der Waals surface area contributed by atoms with Crippen molar-refractivity contribution in [3.63, 3.8) is 0 Å². The number of benzene rings is 2. The minimum Gasteiger partial charge on any atom is -0.355 e. The van der Waals surface area contributed by atoms with Gasteiger partial charge < -0.3 is 15.5 Å². The predicted octanol–water partition coefficient (Wildman–Crippen LogP) is 2.37. The Morgan fingerprint density at radius 2 is 1.59 bits per heavy atom. The van der Waals surface area contributed by atoms with Crippen LogP contribution in [0.5, 0.6) is 0 Å². The molecule has 0 fully saturated rings. The lowest BCUT2D eigenvalue weighted by atomic mass is 10.1. The summed E-state index contributed by atoms with van der Waals surface area (Å²) in [6.07, 6.45) is 1.47. The van der Waals surface area contributed by atoms with Gasteiger partial charge in [0.15, 0.2) is 0 Å². The van der Waals surface area contributed by atoms with E-state index >= 15 is 0 Å². The summed E-state index contributed by atoms with van der Waals surface area (Å²) in [5, 5.41) is 5.24. The number of amides is 3. The first kappa shape index (κ1) is 19.9. The molecule has 2 aromatic carbocycles. The molecule has 0 unspecified atom stereocenters. The molecule has 0 radical (unpaired) electrons. The number of likely N-dealkylation sites (N-methyl/N-ethyl adjacent to an activating group) is 1. The Bertz CT molecular complexity index is 827. The number of carbonyl (C=O) groups is 3. The second-order valence-corrected chi connectivity index (χ2v) is 6.09. The topological polar surface area (TPSA) is 78.5 Å². The molecule has 0 heterocycles. The molecule has 0 saturated carbocycles. The second kappa shape index (κ2) is 9.33. The van der Waals surface area contributed by atoms with Gasteiger partial charge in [-0.3, -0.25) is 14.4 Å². The van der Waals surface area contributed by atoms with E-state index in [2.05, 4.69) is 17.2 Å². The molecule has 140 valence electrons. The van der Waals surface area contributed by atoms with Gasteiger partial charge in [-0.15, -0.1) is 0 Å². The molecule has 0 aromatic heterocycles. The molecular formula is C21H23N3O3. The van der Waals surface area contributed by atoms with E-state index in [9.17, 15) is 14.4 Å². The summed E-state index contributed by atoms with van der Waals surface area (Å²) in [6, 6.07) is 14.3. The highest BCUT2D eigenvalue weighted by atomic mass is 16.2. The first-order chi connectivity index (χ1) is 12.9. The van der Waals surface area contributed by atoms with Gasteiger partial charge in [-0.25, -0.2) is 0 Å². The number of anilines is 1. The van der Waals surface area contributed by atoms with Crippen LogP contribution in [0.1, 0.15) is 21.5 Å². The Kier molecular flexibility index (Phi) is 6.88. The van der Waals surface area contributed by atoms with E-state index in [1.54, 1.807) is 43.3 Å². The zero-order valence-corrected chi connectivity index (χ0v) is 15.5. The van der Waals surface area contributed by atoms with Gasteiger partial charge in [-0.2, -0.15) is 0 Å². The lowest BCUT2D eigenvalue weighted by molar-refractivity contribution is -0.129. The zero-order chi connectivity index (χ0) is 19.8. The van der Waals surface area contributed by atoms with Gasteiger partial charge in [-0.1, -0.05) is 30.8 Å². The van der Waals surface area contributed by atoms with E-state index in [0.29, 0.717) is 17.8 Å². The fourth-order valence-electron chi connectivity index (χ4n) is 2.48. The van der Waals surface area contributed by atoms with Crippen molar-refractivity contribution in [3.05, 3.63) is 77.9 Å². The molecule has 6 heteroatoms. The van der Waals surface area contributed by atoms with E-state index in [-0.39, 0.29) is 24.1 Å². The quantitative estimate of drug-likeness (QED) is 0.740. The number of carbonyl (C=O) groups excluding carboxylic acids is 3. The van der Waals surface area contributed by atoms with Crippen LogP contribution in [0.3, 0.4) is 0 Å². The molecule has 0 aliphatic rings. The fraction of sp³-hybridized carbons (Fsp3) is 0.190. The van der Waals surface area contributed by atoms with Crippen molar-refractivity contribution in [1.82, 2.24) is 10.2 Å². The van der Waals surface area contributed by atoms with Crippen molar-refractivity contribution in [2.45, 2.75) is 13.0 Å². The summed E-state index contributed by atoms with van der Waals surface area (Å²) in [4.78, 5) is 36.9. The fourth-order valence-corrected chi connectivity index (χ4v) is 2.48. The summed E-state index contributed by atoms with van der Waals surface area (Å²) < 4.78 is 0. The molecule has 3 amide bonds. The average Bonchev–Trinajstić information content (AvgIpc) is 2.69. The van der Waals surface area contributed by atoms with Crippen LogP contribution in [0.4, 0.5) is 5.69 Å². The van der Waals surface area contributed by atoms with E-state index in [1.165, 1.54) is 6.08 Å². The van der Waals surface area contributed by atoms with Gasteiger partial charge in [0.25, 0.3) is 5.91 Å². The standard InChI is InChI=1S/C21H23N3O3/c1-4-19(25)23-18-11-7-15(8-12-18)13-20(26)24(3)14-16-5-9-17(10-6-16)21(27)22-2/h4-12H,1,13-14H2,2-3H3,(H,22,27)(H,23,25). The number of nitrogens with one attached hydrogen (secondary N) is 2. The third-order valence-electron chi connectivity index (χ3n) is 4.05. The highest BCUT2D eigenvalue weighted by Gasteiger charge is 2.11. The molecule has 0 aliphatic heterocycles. The van der Waals surface area contributed by atoms with Crippen LogP contribution in [-0.2, 0) is 22.6 Å². The van der Waals surface area contributed by atoms with Crippen LogP contribution in [0, 0.1) is 0 Å². The number of hydrogen-bond donors (Lipinski definition) is 2. The van der Waals surface area contributed by atoms with Crippen molar-refractivity contribution in [2.24, 2.45) is 0 Å². The molecule has 0 spiro atoms. The molecule has 2 rings (SSSR count). The Morgan fingerprint density at radius 1 is 1.00 bits per heavy atom. The van der Waals surface area contributed by atoms with Gasteiger partial charge in [0.2, 0.25) is 11.8 Å². The van der Waals surface area contributed by atoms with Gasteiger partial charge in [-0.05, 0) is 41.5 Å². The van der Waals surface area contributed by atoms with E-state index in [1.807, 2.05) is 24.3 Å². The van der Waals surface area contributed by atoms with Crippen LogP contribution in [0.2, 0.25) is 0 Å². The Balaban J connectivity index is 1.92. The van der Waals surface area contributed by atoms with Crippen molar-refractivity contribution >= 4 is 23.4 Å². The maximum absolute atomic E-state index is 12.4. The van der Waals surface area contributed by atoms with Crippen LogP contribution >= 0.6 is 0 Å². The zero-order valence-electron chi connectivity index (χ0n) is 15.5. The minimum atomic E-state index is -0.277. The third kappa shape index (κ3) is 5.81. The molecule has 0 atom stereocenters. The number of rotatable bonds is 7. The largest absolute Gasteiger partial charge is 0.355 e. The second-order valence-electron chi connectivity index (χ2n) is 6.09. The van der Waals surface area contributed by atoms with Crippen LogP contribution in [0.25, 0.3) is 0 Å². The molecule has 2 N–H and O–H groups in total. The van der Waals surface area contributed by atoms with Crippen molar-refractivity contribution < 1.29 is 14.4 Å². The Morgan fingerprint density at radius 3 is 2.15 bits per heavy atom. The third-order valence-corrected chi connectivity index (χ3v) is 4.05. The van der Waals surface area contributed by atoms with Crippen LogP contribution < -0.4 is 10.6 Å². The molecule has 2 aromatic rings. The summed E-state index contributed by atoms with van der Waals surface area (Å²) in [5.41, 5.74) is 3.04. The number of nitrogens with zero attached hydrogens (tertiary/aromatic N) is 1. The molecule has 27 heavy (non-hydrogen) atoms. The molecule has 0 bridgehead atoms. The highest BCUT2D eigenvalue weighted by Crippen LogP contribution is 2.12. The first-order valence-electron chi connectivity index (χ1n) is 8.50. The van der Waals surface area contributed by atoms with Crippen molar-refractivity contribution in [1.29, 1.82) is 0 Å². The Hall–Kier alpha value is -3.41. The molecular weight excluding hydrogens is 342 g/mol. The number of hydrogen-bond acceptors (Lipinski definition) is 3. The monoisotopic (exact) mass is 365 g/mol. The van der Waals surface area contributed by atoms with Gasteiger partial charge in [0.05, 0.1) is 6.42 Å². The summed E-state index contributed by atoms with van der Waals surface area (Å²) in [6.45, 7) is 3.86. The summed E-state index contributed by atoms with van der Waals surface area (Å²) in [7, 11) is 3.33. The highest BCUT2D eigenvalue weighted by molar-refractivity contribution is 5.98. The van der Waals surface area contributed by atoms with Crippen molar-refractivity contribution in [2.75, 3.05) is 19.4 Å². The predicted molar refractivity (Wildman–Crippen MR) is 105 cm³/mol. The van der Waals surface area contributed by atoms with Crippen molar-refractivity contribution in [3.8, 4) is 0 Å². The van der Waals surface area contributed by atoms with E-state index < -0.39 is 0 Å². The van der Waals surface area contributed by atoms with Gasteiger partial charge >= 0.3 is 0 Å². The average molecular weight is 365 g/mol. The maximum Gasteiger partial charge on any atom is 0.251 e. The molecule has 0 saturated heterocycles. The van der Waals surface area contributed by atoms with Crippen LogP contribution in [-0.4, -0.2) is 36.7 Å². The smallest absolute Gasteiger partial charge is 0.251 e. The first-order valence-corrected chi connectivity index (χ1v) is 8.50.